The Labute approximate surface area is 144 Å². The third-order valence-corrected chi connectivity index (χ3v) is 3.48. The van der Waals surface area contributed by atoms with Crippen molar-refractivity contribution >= 4 is 11.6 Å². The second-order valence-electron chi connectivity index (χ2n) is 5.21. The molecule has 0 aliphatic rings. The second-order valence-corrected chi connectivity index (χ2v) is 5.21. The lowest BCUT2D eigenvalue weighted by Crippen LogP contribution is -2.24. The smallest absolute Gasteiger partial charge is 0.249 e. The minimum absolute atomic E-state index is 0.214. The van der Waals surface area contributed by atoms with Gasteiger partial charge < -0.3 is 14.8 Å². The van der Waals surface area contributed by atoms with Crippen LogP contribution in [0.2, 0.25) is 0 Å². The molecule has 2 heterocycles. The van der Waals surface area contributed by atoms with Gasteiger partial charge in [0.25, 0.3) is 0 Å². The number of benzene rings is 1. The maximum atomic E-state index is 12.2. The molecule has 0 saturated heterocycles. The minimum atomic E-state index is -0.477. The van der Waals surface area contributed by atoms with E-state index in [1.54, 1.807) is 38.3 Å². The maximum absolute atomic E-state index is 12.2. The zero-order valence-electron chi connectivity index (χ0n) is 13.8. The number of methoxy groups -OCH3 is 1. The van der Waals surface area contributed by atoms with Gasteiger partial charge in [-0.15, -0.1) is 0 Å². The molecule has 8 nitrogen and oxygen atoms in total. The van der Waals surface area contributed by atoms with Crippen molar-refractivity contribution in [3.05, 3.63) is 55.2 Å². The number of hydrogen-bond acceptors (Lipinski definition) is 6. The van der Waals surface area contributed by atoms with E-state index >= 15 is 0 Å². The van der Waals surface area contributed by atoms with Crippen molar-refractivity contribution in [1.82, 2.24) is 19.7 Å². The third-order valence-electron chi connectivity index (χ3n) is 3.48. The van der Waals surface area contributed by atoms with Gasteiger partial charge >= 0.3 is 0 Å². The molecule has 1 atom stereocenters. The number of carbonyl (C=O) groups is 1. The minimum Gasteiger partial charge on any atom is -0.497 e. The number of ether oxygens (including phenoxy) is 2. The van der Waals surface area contributed by atoms with E-state index in [0.29, 0.717) is 23.1 Å². The molecule has 0 aliphatic heterocycles. The van der Waals surface area contributed by atoms with Crippen LogP contribution in [0.3, 0.4) is 0 Å². The van der Waals surface area contributed by atoms with Gasteiger partial charge in [-0.25, -0.2) is 14.6 Å². The molecule has 128 valence electrons. The Balaban J connectivity index is 1.63. The van der Waals surface area contributed by atoms with Crippen LogP contribution in [0, 0.1) is 0 Å². The molecule has 0 aliphatic carbocycles. The topological polar surface area (TPSA) is 91.2 Å². The van der Waals surface area contributed by atoms with E-state index < -0.39 is 6.04 Å². The van der Waals surface area contributed by atoms with Gasteiger partial charge in [0, 0.05) is 12.1 Å². The average molecular weight is 339 g/mol. The monoisotopic (exact) mass is 339 g/mol. The summed E-state index contributed by atoms with van der Waals surface area (Å²) in [5, 5.41) is 6.73. The standard InChI is InChI=1S/C17H17N5O3/c1-12(22-11-18-10-20-22)17(23)21-13-6-7-16(19-9-13)25-15-5-3-4-14(8-15)24-2/h3-12H,1-2H3,(H,21,23). The fraction of sp³-hybridized carbons (Fsp3) is 0.176. The van der Waals surface area contributed by atoms with Gasteiger partial charge in [-0.1, -0.05) is 6.07 Å². The quantitative estimate of drug-likeness (QED) is 0.742. The van der Waals surface area contributed by atoms with Crippen molar-refractivity contribution in [2.45, 2.75) is 13.0 Å². The molecule has 0 saturated carbocycles. The van der Waals surface area contributed by atoms with Crippen molar-refractivity contribution in [2.75, 3.05) is 12.4 Å². The van der Waals surface area contributed by atoms with Crippen LogP contribution in [-0.4, -0.2) is 32.8 Å². The van der Waals surface area contributed by atoms with Crippen LogP contribution in [0.4, 0.5) is 5.69 Å². The predicted octanol–water partition coefficient (Wildman–Crippen LogP) is 2.67. The number of pyridine rings is 1. The molecule has 2 aromatic heterocycles. The van der Waals surface area contributed by atoms with E-state index in [9.17, 15) is 4.79 Å². The first-order valence-electron chi connectivity index (χ1n) is 7.58. The number of nitrogens with zero attached hydrogens (tertiary/aromatic N) is 4. The lowest BCUT2D eigenvalue weighted by molar-refractivity contribution is -0.119. The lowest BCUT2D eigenvalue weighted by atomic mass is 10.3. The van der Waals surface area contributed by atoms with Gasteiger partial charge in [-0.3, -0.25) is 4.79 Å². The molecule has 0 fully saturated rings. The summed E-state index contributed by atoms with van der Waals surface area (Å²) in [6, 6.07) is 10.1. The molecule has 0 radical (unpaired) electrons. The normalized spacial score (nSPS) is 11.6. The largest absolute Gasteiger partial charge is 0.497 e. The summed E-state index contributed by atoms with van der Waals surface area (Å²) in [5.41, 5.74) is 0.565. The molecule has 8 heteroatoms. The highest BCUT2D eigenvalue weighted by Gasteiger charge is 2.15. The van der Waals surface area contributed by atoms with Crippen molar-refractivity contribution in [3.8, 4) is 17.4 Å². The van der Waals surface area contributed by atoms with Gasteiger partial charge in [0.1, 0.15) is 30.2 Å². The van der Waals surface area contributed by atoms with Crippen LogP contribution >= 0.6 is 0 Å². The first-order chi connectivity index (χ1) is 12.2. The summed E-state index contributed by atoms with van der Waals surface area (Å²) in [7, 11) is 1.59. The zero-order chi connectivity index (χ0) is 17.6. The van der Waals surface area contributed by atoms with Crippen LogP contribution in [0.25, 0.3) is 0 Å². The van der Waals surface area contributed by atoms with E-state index in [-0.39, 0.29) is 5.91 Å². The molecule has 1 N–H and O–H groups in total. The van der Waals surface area contributed by atoms with Gasteiger partial charge in [0.2, 0.25) is 11.8 Å². The third kappa shape index (κ3) is 4.11. The summed E-state index contributed by atoms with van der Waals surface area (Å²) >= 11 is 0. The maximum Gasteiger partial charge on any atom is 0.249 e. The van der Waals surface area contributed by atoms with E-state index in [1.165, 1.54) is 23.5 Å². The fourth-order valence-corrected chi connectivity index (χ4v) is 2.08. The Morgan fingerprint density at radius 3 is 2.76 bits per heavy atom. The van der Waals surface area contributed by atoms with Crippen LogP contribution < -0.4 is 14.8 Å². The Bertz CT molecular complexity index is 834. The zero-order valence-corrected chi connectivity index (χ0v) is 13.8. The van der Waals surface area contributed by atoms with Gasteiger partial charge in [-0.2, -0.15) is 5.10 Å². The van der Waals surface area contributed by atoms with E-state index in [1.807, 2.05) is 12.1 Å². The number of carbonyl (C=O) groups excluding carboxylic acids is 1. The molecule has 3 rings (SSSR count). The summed E-state index contributed by atoms with van der Waals surface area (Å²) in [6.45, 7) is 1.73. The Hall–Kier alpha value is -3.42. The van der Waals surface area contributed by atoms with E-state index in [2.05, 4.69) is 20.4 Å². The van der Waals surface area contributed by atoms with E-state index in [4.69, 9.17) is 9.47 Å². The first-order valence-corrected chi connectivity index (χ1v) is 7.58. The summed E-state index contributed by atoms with van der Waals surface area (Å²) in [6.07, 6.45) is 4.41. The van der Waals surface area contributed by atoms with Crippen molar-refractivity contribution in [3.63, 3.8) is 0 Å². The number of hydrogen-bond donors (Lipinski definition) is 1. The number of aromatic nitrogens is 4. The molecular formula is C17H17N5O3. The molecule has 0 bridgehead atoms. The van der Waals surface area contributed by atoms with Crippen molar-refractivity contribution in [2.24, 2.45) is 0 Å². The summed E-state index contributed by atoms with van der Waals surface area (Å²) in [4.78, 5) is 20.2. The Kier molecular flexibility index (Phi) is 4.89. The van der Waals surface area contributed by atoms with E-state index in [0.717, 1.165) is 0 Å². The van der Waals surface area contributed by atoms with Gasteiger partial charge in [0.15, 0.2) is 0 Å². The SMILES string of the molecule is COc1cccc(Oc2ccc(NC(=O)C(C)n3cncn3)cn2)c1. The predicted molar refractivity (Wildman–Crippen MR) is 90.7 cm³/mol. The van der Waals surface area contributed by atoms with Crippen molar-refractivity contribution < 1.29 is 14.3 Å². The molecule has 1 aromatic carbocycles. The van der Waals surface area contributed by atoms with Gasteiger partial charge in [-0.05, 0) is 25.1 Å². The number of amides is 1. The number of nitrogens with one attached hydrogen (secondary N) is 1. The first kappa shape index (κ1) is 16.4. The molecule has 1 amide bonds. The number of rotatable bonds is 6. The van der Waals surface area contributed by atoms with Crippen LogP contribution in [-0.2, 0) is 4.79 Å². The van der Waals surface area contributed by atoms with Gasteiger partial charge in [0.05, 0.1) is 19.0 Å². The summed E-state index contributed by atoms with van der Waals surface area (Å²) < 4.78 is 12.3. The highest BCUT2D eigenvalue weighted by atomic mass is 16.5. The Morgan fingerprint density at radius 1 is 1.24 bits per heavy atom. The highest BCUT2D eigenvalue weighted by molar-refractivity contribution is 5.93. The summed E-state index contributed by atoms with van der Waals surface area (Å²) in [5.74, 6) is 1.51. The fourth-order valence-electron chi connectivity index (χ4n) is 2.08. The molecule has 0 spiro atoms. The molecular weight excluding hydrogens is 322 g/mol. The Morgan fingerprint density at radius 2 is 2.08 bits per heavy atom. The lowest BCUT2D eigenvalue weighted by Gasteiger charge is -2.12. The molecule has 3 aromatic rings. The molecule has 25 heavy (non-hydrogen) atoms. The highest BCUT2D eigenvalue weighted by Crippen LogP contribution is 2.24. The average Bonchev–Trinajstić information content (AvgIpc) is 3.17. The van der Waals surface area contributed by atoms with Crippen molar-refractivity contribution in [1.29, 1.82) is 0 Å². The van der Waals surface area contributed by atoms with Crippen LogP contribution in [0.1, 0.15) is 13.0 Å². The number of anilines is 1. The van der Waals surface area contributed by atoms with Crippen LogP contribution in [0.15, 0.2) is 55.2 Å². The van der Waals surface area contributed by atoms with Crippen LogP contribution in [0.5, 0.6) is 17.4 Å². The molecule has 1 unspecified atom stereocenters. The second kappa shape index (κ2) is 7.43.